The van der Waals surface area contributed by atoms with Gasteiger partial charge in [0.15, 0.2) is 5.13 Å². The number of ether oxygens (including phenoxy) is 1. The number of thiazole rings is 1. The first kappa shape index (κ1) is 13.4. The minimum atomic E-state index is -0.227. The quantitative estimate of drug-likeness (QED) is 0.877. The van der Waals surface area contributed by atoms with Crippen LogP contribution in [0, 0.1) is 0 Å². The molecule has 0 saturated carbocycles. The van der Waals surface area contributed by atoms with Gasteiger partial charge in [-0.25, -0.2) is 4.98 Å². The van der Waals surface area contributed by atoms with Gasteiger partial charge >= 0.3 is 0 Å². The second kappa shape index (κ2) is 6.19. The Hall–Kier alpha value is -2.08. The van der Waals surface area contributed by atoms with Crippen LogP contribution in [0.15, 0.2) is 29.6 Å². The van der Waals surface area contributed by atoms with Gasteiger partial charge in [0.25, 0.3) is 5.91 Å². The SMILES string of the molecule is CCOc1cccc(CNC(=O)c2csc(N)n2)c1. The van der Waals surface area contributed by atoms with Crippen molar-refractivity contribution in [3.63, 3.8) is 0 Å². The summed E-state index contributed by atoms with van der Waals surface area (Å²) in [6.45, 7) is 2.98. The van der Waals surface area contributed by atoms with Gasteiger partial charge in [-0.15, -0.1) is 11.3 Å². The highest BCUT2D eigenvalue weighted by molar-refractivity contribution is 7.13. The van der Waals surface area contributed by atoms with E-state index in [9.17, 15) is 4.79 Å². The number of nitrogen functional groups attached to an aromatic ring is 1. The Kier molecular flexibility index (Phi) is 4.35. The molecule has 1 aromatic carbocycles. The van der Waals surface area contributed by atoms with Crippen molar-refractivity contribution in [1.29, 1.82) is 0 Å². The van der Waals surface area contributed by atoms with Gasteiger partial charge in [0.2, 0.25) is 0 Å². The predicted octanol–water partition coefficient (Wildman–Crippen LogP) is 2.05. The fourth-order valence-electron chi connectivity index (χ4n) is 1.58. The molecule has 0 radical (unpaired) electrons. The van der Waals surface area contributed by atoms with Crippen molar-refractivity contribution >= 4 is 22.4 Å². The molecule has 0 aliphatic rings. The first-order valence-corrected chi connectivity index (χ1v) is 6.78. The van der Waals surface area contributed by atoms with Crippen molar-refractivity contribution in [2.75, 3.05) is 12.3 Å². The lowest BCUT2D eigenvalue weighted by molar-refractivity contribution is 0.0946. The number of hydrogen-bond acceptors (Lipinski definition) is 5. The number of nitrogens with two attached hydrogens (primary N) is 1. The van der Waals surface area contributed by atoms with E-state index in [1.165, 1.54) is 11.3 Å². The molecule has 19 heavy (non-hydrogen) atoms. The number of anilines is 1. The van der Waals surface area contributed by atoms with Crippen LogP contribution in [0.1, 0.15) is 23.0 Å². The second-order valence-electron chi connectivity index (χ2n) is 3.83. The highest BCUT2D eigenvalue weighted by atomic mass is 32.1. The third-order valence-electron chi connectivity index (χ3n) is 2.42. The van der Waals surface area contributed by atoms with Crippen molar-refractivity contribution in [3.05, 3.63) is 40.9 Å². The maximum atomic E-state index is 11.8. The average Bonchev–Trinajstić information content (AvgIpc) is 2.84. The second-order valence-corrected chi connectivity index (χ2v) is 4.72. The Labute approximate surface area is 115 Å². The number of rotatable bonds is 5. The average molecular weight is 277 g/mol. The molecule has 1 amide bonds. The van der Waals surface area contributed by atoms with E-state index in [0.717, 1.165) is 11.3 Å². The molecule has 1 heterocycles. The van der Waals surface area contributed by atoms with Crippen LogP contribution in [0.4, 0.5) is 5.13 Å². The monoisotopic (exact) mass is 277 g/mol. The number of aromatic nitrogens is 1. The van der Waals surface area contributed by atoms with Gasteiger partial charge in [-0.1, -0.05) is 12.1 Å². The molecule has 0 atom stereocenters. The first-order valence-electron chi connectivity index (χ1n) is 5.90. The summed E-state index contributed by atoms with van der Waals surface area (Å²) < 4.78 is 5.40. The fourth-order valence-corrected chi connectivity index (χ4v) is 2.12. The zero-order chi connectivity index (χ0) is 13.7. The molecule has 1 aromatic heterocycles. The molecule has 0 saturated heterocycles. The number of nitrogens with one attached hydrogen (secondary N) is 1. The van der Waals surface area contributed by atoms with Crippen LogP contribution in [0.2, 0.25) is 0 Å². The molecule has 0 aliphatic heterocycles. The van der Waals surface area contributed by atoms with Gasteiger partial charge in [0.05, 0.1) is 6.61 Å². The van der Waals surface area contributed by atoms with Gasteiger partial charge in [-0.3, -0.25) is 4.79 Å². The summed E-state index contributed by atoms with van der Waals surface area (Å²) in [4.78, 5) is 15.7. The summed E-state index contributed by atoms with van der Waals surface area (Å²) in [5.74, 6) is 0.571. The fraction of sp³-hybridized carbons (Fsp3) is 0.231. The Morgan fingerprint density at radius 2 is 2.37 bits per heavy atom. The van der Waals surface area contributed by atoms with E-state index in [-0.39, 0.29) is 5.91 Å². The van der Waals surface area contributed by atoms with E-state index in [2.05, 4.69) is 10.3 Å². The normalized spacial score (nSPS) is 10.2. The van der Waals surface area contributed by atoms with E-state index < -0.39 is 0 Å². The summed E-state index contributed by atoms with van der Waals surface area (Å²) in [6.07, 6.45) is 0. The molecule has 0 aliphatic carbocycles. The van der Waals surface area contributed by atoms with Crippen LogP contribution < -0.4 is 15.8 Å². The molecule has 0 fully saturated rings. The lowest BCUT2D eigenvalue weighted by atomic mass is 10.2. The minimum absolute atomic E-state index is 0.227. The van der Waals surface area contributed by atoms with Crippen molar-refractivity contribution in [1.82, 2.24) is 10.3 Å². The molecule has 100 valence electrons. The number of carbonyl (C=O) groups is 1. The molecule has 3 N–H and O–H groups in total. The molecule has 0 bridgehead atoms. The largest absolute Gasteiger partial charge is 0.494 e. The molecule has 5 nitrogen and oxygen atoms in total. The highest BCUT2D eigenvalue weighted by Gasteiger charge is 2.09. The number of nitrogens with zero attached hydrogens (tertiary/aromatic N) is 1. The van der Waals surface area contributed by atoms with Crippen LogP contribution >= 0.6 is 11.3 Å². The third-order valence-corrected chi connectivity index (χ3v) is 3.09. The lowest BCUT2D eigenvalue weighted by Crippen LogP contribution is -2.23. The smallest absolute Gasteiger partial charge is 0.271 e. The van der Waals surface area contributed by atoms with Crippen LogP contribution in [-0.2, 0) is 6.54 Å². The van der Waals surface area contributed by atoms with Gasteiger partial charge < -0.3 is 15.8 Å². The summed E-state index contributed by atoms with van der Waals surface area (Å²) in [6, 6.07) is 7.61. The standard InChI is InChI=1S/C13H15N3O2S/c1-2-18-10-5-3-4-9(6-10)7-15-12(17)11-8-19-13(14)16-11/h3-6,8H,2,7H2,1H3,(H2,14,16)(H,15,17). The predicted molar refractivity (Wildman–Crippen MR) is 75.3 cm³/mol. The van der Waals surface area contributed by atoms with Gasteiger partial charge in [0.1, 0.15) is 11.4 Å². The summed E-state index contributed by atoms with van der Waals surface area (Å²) in [5, 5.41) is 4.82. The Morgan fingerprint density at radius 1 is 1.53 bits per heavy atom. The van der Waals surface area contributed by atoms with E-state index in [1.54, 1.807) is 5.38 Å². The summed E-state index contributed by atoms with van der Waals surface area (Å²) >= 11 is 1.25. The Balaban J connectivity index is 1.95. The summed E-state index contributed by atoms with van der Waals surface area (Å²) in [5.41, 5.74) is 6.81. The highest BCUT2D eigenvalue weighted by Crippen LogP contribution is 2.14. The molecule has 6 heteroatoms. The Bertz CT molecular complexity index is 569. The molecule has 0 unspecified atom stereocenters. The van der Waals surface area contributed by atoms with Gasteiger partial charge in [-0.05, 0) is 24.6 Å². The Morgan fingerprint density at radius 3 is 3.05 bits per heavy atom. The van der Waals surface area contributed by atoms with Crippen LogP contribution in [0.3, 0.4) is 0 Å². The lowest BCUT2D eigenvalue weighted by Gasteiger charge is -2.07. The van der Waals surface area contributed by atoms with E-state index >= 15 is 0 Å². The van der Waals surface area contributed by atoms with E-state index in [0.29, 0.717) is 24.0 Å². The number of carbonyl (C=O) groups excluding carboxylic acids is 1. The van der Waals surface area contributed by atoms with Crippen molar-refractivity contribution in [2.45, 2.75) is 13.5 Å². The van der Waals surface area contributed by atoms with Crippen LogP contribution in [0.25, 0.3) is 0 Å². The molecular formula is C13H15N3O2S. The molecular weight excluding hydrogens is 262 g/mol. The zero-order valence-electron chi connectivity index (χ0n) is 10.6. The van der Waals surface area contributed by atoms with Crippen molar-refractivity contribution in [3.8, 4) is 5.75 Å². The third kappa shape index (κ3) is 3.69. The van der Waals surface area contributed by atoms with E-state index in [4.69, 9.17) is 10.5 Å². The van der Waals surface area contributed by atoms with Crippen LogP contribution in [0.5, 0.6) is 5.75 Å². The minimum Gasteiger partial charge on any atom is -0.494 e. The number of hydrogen-bond donors (Lipinski definition) is 2. The zero-order valence-corrected chi connectivity index (χ0v) is 11.4. The molecule has 2 aromatic rings. The van der Waals surface area contributed by atoms with Crippen LogP contribution in [-0.4, -0.2) is 17.5 Å². The molecule has 2 rings (SSSR count). The van der Waals surface area contributed by atoms with Crippen molar-refractivity contribution < 1.29 is 9.53 Å². The maximum Gasteiger partial charge on any atom is 0.271 e. The maximum absolute atomic E-state index is 11.8. The molecule has 0 spiro atoms. The number of amides is 1. The van der Waals surface area contributed by atoms with Gasteiger partial charge in [-0.2, -0.15) is 0 Å². The first-order chi connectivity index (χ1) is 9.19. The van der Waals surface area contributed by atoms with E-state index in [1.807, 2.05) is 31.2 Å². The van der Waals surface area contributed by atoms with Crippen molar-refractivity contribution in [2.24, 2.45) is 0 Å². The number of benzene rings is 1. The van der Waals surface area contributed by atoms with Gasteiger partial charge in [0, 0.05) is 11.9 Å². The summed E-state index contributed by atoms with van der Waals surface area (Å²) in [7, 11) is 0. The topological polar surface area (TPSA) is 77.2 Å².